The molecule has 1 aliphatic rings. The van der Waals surface area contributed by atoms with Crippen molar-refractivity contribution in [3.63, 3.8) is 0 Å². The third kappa shape index (κ3) is 4.31. The fourth-order valence-corrected chi connectivity index (χ4v) is 1.58. The smallest absolute Gasteiger partial charge is 0.291 e. The molecule has 0 aliphatic carbocycles. The summed E-state index contributed by atoms with van der Waals surface area (Å²) < 4.78 is 1.13. The van der Waals surface area contributed by atoms with Crippen molar-refractivity contribution < 1.29 is 9.59 Å². The van der Waals surface area contributed by atoms with Gasteiger partial charge in [0.05, 0.1) is 5.70 Å². The second-order valence-electron chi connectivity index (χ2n) is 2.58. The number of rotatable bonds is 0. The number of carbonyl (C=O) groups is 2. The molecule has 15 heavy (non-hydrogen) atoms. The minimum atomic E-state index is -0.333. The Morgan fingerprint density at radius 1 is 1.20 bits per heavy atom. The maximum Gasteiger partial charge on any atom is 0.291 e. The van der Waals surface area contributed by atoms with E-state index in [2.05, 4.69) is 27.8 Å². The van der Waals surface area contributed by atoms with Crippen molar-refractivity contribution in [2.75, 3.05) is 0 Å². The van der Waals surface area contributed by atoms with Crippen molar-refractivity contribution in [3.05, 3.63) is 47.1 Å². The van der Waals surface area contributed by atoms with Crippen molar-refractivity contribution >= 4 is 38.0 Å². The normalized spacial score (nSPS) is 14.3. The highest BCUT2D eigenvalue weighted by Gasteiger charge is 2.22. The highest BCUT2D eigenvalue weighted by molar-refractivity contribution is 9.10. The highest BCUT2D eigenvalue weighted by atomic mass is 79.9. The summed E-state index contributed by atoms with van der Waals surface area (Å²) in [4.78, 5) is 20.6. The van der Waals surface area contributed by atoms with E-state index in [0.717, 1.165) is 4.47 Å². The first-order chi connectivity index (χ1) is 7.09. The number of amides is 1. The average molecular weight is 286 g/mol. The Morgan fingerprint density at radius 2 is 1.80 bits per heavy atom. The van der Waals surface area contributed by atoms with Gasteiger partial charge in [-0.3, -0.25) is 9.59 Å². The van der Waals surface area contributed by atoms with Gasteiger partial charge in [-0.15, -0.1) is 0 Å². The molecule has 3 nitrogen and oxygen atoms in total. The van der Waals surface area contributed by atoms with Gasteiger partial charge >= 0.3 is 0 Å². The lowest BCUT2D eigenvalue weighted by Crippen LogP contribution is -2.08. The van der Waals surface area contributed by atoms with Gasteiger partial charge in [-0.05, 0) is 12.1 Å². The molecule has 1 heterocycles. The minimum Gasteiger partial charge on any atom is -0.313 e. The molecule has 1 aromatic rings. The highest BCUT2D eigenvalue weighted by Crippen LogP contribution is 2.15. The van der Waals surface area contributed by atoms with Crippen LogP contribution < -0.4 is 5.32 Å². The molecular formula is C10H8BrNO2S. The van der Waals surface area contributed by atoms with Crippen LogP contribution in [0.4, 0.5) is 4.79 Å². The number of hydrogen-bond donors (Lipinski definition) is 1. The summed E-state index contributed by atoms with van der Waals surface area (Å²) in [6.07, 6.45) is 0. The topological polar surface area (TPSA) is 46.2 Å². The van der Waals surface area contributed by atoms with Gasteiger partial charge in [-0.25, -0.2) is 0 Å². The van der Waals surface area contributed by atoms with Crippen molar-refractivity contribution in [3.8, 4) is 0 Å². The Balaban J connectivity index is 0.000000151. The standard InChI is InChI=1S/C6H5Br.C4H3NO2S/c7-6-4-2-1-3-5-6;1-2-3(6)8-4(7)5-2/h1-5H;1H2,(H,5,7). The van der Waals surface area contributed by atoms with Crippen molar-refractivity contribution in [2.24, 2.45) is 0 Å². The van der Waals surface area contributed by atoms with Crippen molar-refractivity contribution in [2.45, 2.75) is 0 Å². The Bertz CT molecular complexity index is 374. The summed E-state index contributed by atoms with van der Waals surface area (Å²) in [5.74, 6) is 0. The molecule has 0 spiro atoms. The van der Waals surface area contributed by atoms with Crippen LogP contribution in [0.25, 0.3) is 0 Å². The fraction of sp³-hybridized carbons (Fsp3) is 0. The number of carbonyl (C=O) groups excluding carboxylic acids is 2. The van der Waals surface area contributed by atoms with E-state index < -0.39 is 0 Å². The first-order valence-electron chi connectivity index (χ1n) is 4.02. The summed E-state index contributed by atoms with van der Waals surface area (Å²) in [5.41, 5.74) is 0.181. The Kier molecular flexibility index (Phi) is 4.58. The lowest BCUT2D eigenvalue weighted by Gasteiger charge is -1.82. The van der Waals surface area contributed by atoms with Gasteiger partial charge in [0, 0.05) is 16.2 Å². The van der Waals surface area contributed by atoms with Gasteiger partial charge in [-0.1, -0.05) is 40.7 Å². The summed E-state index contributed by atoms with van der Waals surface area (Å²) in [7, 11) is 0. The molecule has 0 unspecified atom stereocenters. The van der Waals surface area contributed by atoms with Crippen LogP contribution in [-0.4, -0.2) is 10.4 Å². The van der Waals surface area contributed by atoms with Crippen molar-refractivity contribution in [1.82, 2.24) is 5.32 Å². The van der Waals surface area contributed by atoms with Gasteiger partial charge in [0.15, 0.2) is 0 Å². The van der Waals surface area contributed by atoms with E-state index >= 15 is 0 Å². The maximum absolute atomic E-state index is 10.4. The molecule has 1 fully saturated rings. The summed E-state index contributed by atoms with van der Waals surface area (Å²) in [6, 6.07) is 9.97. The van der Waals surface area contributed by atoms with Gasteiger partial charge in [0.25, 0.3) is 5.24 Å². The van der Waals surface area contributed by atoms with Crippen LogP contribution in [0.1, 0.15) is 0 Å². The summed E-state index contributed by atoms with van der Waals surface area (Å²) >= 11 is 3.95. The minimum absolute atomic E-state index is 0.181. The molecule has 0 atom stereocenters. The van der Waals surface area contributed by atoms with E-state index in [1.54, 1.807) is 0 Å². The Hall–Kier alpha value is -1.07. The molecule has 0 bridgehead atoms. The van der Waals surface area contributed by atoms with Gasteiger partial charge in [0.1, 0.15) is 0 Å². The predicted octanol–water partition coefficient (Wildman–Crippen LogP) is 2.93. The zero-order chi connectivity index (χ0) is 11.3. The average Bonchev–Trinajstić information content (AvgIpc) is 2.46. The number of hydrogen-bond acceptors (Lipinski definition) is 3. The second-order valence-corrected chi connectivity index (χ2v) is 4.44. The lowest BCUT2D eigenvalue weighted by molar-refractivity contribution is -0.107. The van der Waals surface area contributed by atoms with Gasteiger partial charge in [-0.2, -0.15) is 0 Å². The van der Waals surface area contributed by atoms with Crippen LogP contribution in [0.15, 0.2) is 47.1 Å². The molecular weight excluding hydrogens is 278 g/mol. The van der Waals surface area contributed by atoms with Gasteiger partial charge < -0.3 is 5.32 Å². The van der Waals surface area contributed by atoms with Crippen LogP contribution in [-0.2, 0) is 4.79 Å². The zero-order valence-electron chi connectivity index (χ0n) is 7.70. The Labute approximate surface area is 100 Å². The lowest BCUT2D eigenvalue weighted by atomic mass is 10.4. The van der Waals surface area contributed by atoms with Crippen LogP contribution in [0.2, 0.25) is 0 Å². The van der Waals surface area contributed by atoms with Crippen LogP contribution in [0, 0.1) is 0 Å². The quantitative estimate of drug-likeness (QED) is 0.746. The molecule has 1 N–H and O–H groups in total. The van der Waals surface area contributed by atoms with E-state index in [1.807, 2.05) is 30.3 Å². The zero-order valence-corrected chi connectivity index (χ0v) is 10.1. The SMILES string of the molecule is Brc1ccccc1.C=C1NC(=O)SC1=O. The molecule has 1 saturated heterocycles. The molecule has 0 saturated carbocycles. The maximum atomic E-state index is 10.4. The van der Waals surface area contributed by atoms with E-state index in [-0.39, 0.29) is 16.1 Å². The number of thioether (sulfide) groups is 1. The first-order valence-corrected chi connectivity index (χ1v) is 5.63. The van der Waals surface area contributed by atoms with Crippen LogP contribution in [0.3, 0.4) is 0 Å². The van der Waals surface area contributed by atoms with E-state index in [1.165, 1.54) is 0 Å². The monoisotopic (exact) mass is 285 g/mol. The molecule has 0 radical (unpaired) electrons. The molecule has 1 aromatic carbocycles. The molecule has 1 aliphatic heterocycles. The van der Waals surface area contributed by atoms with Crippen LogP contribution in [0.5, 0.6) is 0 Å². The van der Waals surface area contributed by atoms with Crippen LogP contribution >= 0.6 is 27.7 Å². The third-order valence-electron chi connectivity index (χ3n) is 1.42. The fourth-order valence-electron chi connectivity index (χ4n) is 0.760. The predicted molar refractivity (Wildman–Crippen MR) is 64.4 cm³/mol. The van der Waals surface area contributed by atoms with E-state index in [4.69, 9.17) is 0 Å². The molecule has 5 heteroatoms. The number of nitrogens with one attached hydrogen (secondary N) is 1. The largest absolute Gasteiger partial charge is 0.313 e. The second kappa shape index (κ2) is 5.72. The summed E-state index contributed by atoms with van der Waals surface area (Å²) in [5, 5.41) is 1.63. The van der Waals surface area contributed by atoms with Gasteiger partial charge in [0.2, 0.25) is 5.12 Å². The molecule has 0 aromatic heterocycles. The number of halogens is 1. The molecule has 2 rings (SSSR count). The first kappa shape index (κ1) is 12.0. The van der Waals surface area contributed by atoms with E-state index in [0.29, 0.717) is 11.8 Å². The molecule has 1 amide bonds. The Morgan fingerprint density at radius 3 is 2.00 bits per heavy atom. The summed E-state index contributed by atoms with van der Waals surface area (Å²) in [6.45, 7) is 3.28. The van der Waals surface area contributed by atoms with E-state index in [9.17, 15) is 9.59 Å². The number of benzene rings is 1. The van der Waals surface area contributed by atoms with Crippen molar-refractivity contribution in [1.29, 1.82) is 0 Å². The molecule has 78 valence electrons. The third-order valence-corrected chi connectivity index (χ3v) is 2.67.